The van der Waals surface area contributed by atoms with E-state index in [4.69, 9.17) is 4.98 Å². The van der Waals surface area contributed by atoms with E-state index in [1.807, 2.05) is 48.0 Å². The molecule has 5 rings (SSSR count). The number of nitrogens with zero attached hydrogens (tertiary/aromatic N) is 5. The largest absolute Gasteiger partial charge is 0.354 e. The van der Waals surface area contributed by atoms with Crippen LogP contribution in [0.25, 0.3) is 5.65 Å². The van der Waals surface area contributed by atoms with Crippen LogP contribution in [0.5, 0.6) is 0 Å². The summed E-state index contributed by atoms with van der Waals surface area (Å²) in [6.45, 7) is 3.33. The Morgan fingerprint density at radius 3 is 2.75 bits per heavy atom. The van der Waals surface area contributed by atoms with Gasteiger partial charge in [-0.3, -0.25) is 4.79 Å². The van der Waals surface area contributed by atoms with E-state index in [1.165, 1.54) is 5.56 Å². The zero-order chi connectivity index (χ0) is 19.1. The van der Waals surface area contributed by atoms with E-state index in [1.54, 1.807) is 11.1 Å². The summed E-state index contributed by atoms with van der Waals surface area (Å²) in [5, 5.41) is 7.96. The maximum Gasteiger partial charge on any atom is 0.233 e. The van der Waals surface area contributed by atoms with Crippen LogP contribution in [0, 0.1) is 5.92 Å². The molecule has 2 aromatic heterocycles. The molecule has 1 aromatic carbocycles. The van der Waals surface area contributed by atoms with E-state index in [0.717, 1.165) is 61.9 Å². The first-order valence-corrected chi connectivity index (χ1v) is 9.86. The first kappa shape index (κ1) is 17.2. The molecule has 2 aliphatic rings. The van der Waals surface area contributed by atoms with E-state index in [0.29, 0.717) is 0 Å². The topological polar surface area (TPSA) is 65.8 Å². The molecule has 3 aromatic rings. The Kier molecular flexibility index (Phi) is 4.24. The third-order valence-corrected chi connectivity index (χ3v) is 5.79. The van der Waals surface area contributed by atoms with Crippen LogP contribution in [0.2, 0.25) is 0 Å². The van der Waals surface area contributed by atoms with Crippen LogP contribution < -0.4 is 15.1 Å². The number of benzene rings is 1. The molecule has 28 heavy (non-hydrogen) atoms. The normalized spacial score (nSPS) is 17.1. The maximum absolute atomic E-state index is 12.9. The Labute approximate surface area is 164 Å². The highest BCUT2D eigenvalue weighted by Crippen LogP contribution is 2.32. The van der Waals surface area contributed by atoms with Gasteiger partial charge in [-0.2, -0.15) is 9.61 Å². The zero-order valence-electron chi connectivity index (χ0n) is 16.0. The molecule has 0 bridgehead atoms. The van der Waals surface area contributed by atoms with Gasteiger partial charge < -0.3 is 15.1 Å². The van der Waals surface area contributed by atoms with Crippen LogP contribution >= 0.6 is 0 Å². The number of carbonyl (C=O) groups excluding carboxylic acids is 1. The monoisotopic (exact) mass is 376 g/mol. The third kappa shape index (κ3) is 2.82. The summed E-state index contributed by atoms with van der Waals surface area (Å²) in [5.74, 6) is 1.28. The quantitative estimate of drug-likeness (QED) is 0.751. The second-order valence-corrected chi connectivity index (χ2v) is 7.55. The molecule has 144 valence electrons. The standard InChI is InChI=1S/C21H24N6O/c1-25(16-5-3-2-4-6-16)21(28)15-13-26(14-15)20-17-7-10-22-11-8-18(17)24-19-9-12-23-27(19)20/h2-6,9,12,15,22H,7-8,10-11,13-14H2,1H3. The maximum atomic E-state index is 12.9. The van der Waals surface area contributed by atoms with Gasteiger partial charge in [-0.05, 0) is 25.1 Å². The SMILES string of the molecule is CN(C(=O)C1CN(c2c3c(nc4ccnn24)CCNCC3)C1)c1ccccc1. The number of para-hydroxylation sites is 1. The highest BCUT2D eigenvalue weighted by molar-refractivity contribution is 5.96. The number of carbonyl (C=O) groups is 1. The van der Waals surface area contributed by atoms with Crippen LogP contribution in [0.4, 0.5) is 11.5 Å². The van der Waals surface area contributed by atoms with Gasteiger partial charge in [-0.15, -0.1) is 0 Å². The van der Waals surface area contributed by atoms with Crippen LogP contribution in [-0.4, -0.2) is 53.7 Å². The molecule has 1 saturated heterocycles. The lowest BCUT2D eigenvalue weighted by Crippen LogP contribution is -2.55. The summed E-state index contributed by atoms with van der Waals surface area (Å²) in [6, 6.07) is 11.8. The molecule has 0 radical (unpaired) electrons. The molecule has 4 heterocycles. The number of hydrogen-bond acceptors (Lipinski definition) is 5. The summed E-state index contributed by atoms with van der Waals surface area (Å²) >= 11 is 0. The van der Waals surface area contributed by atoms with Gasteiger partial charge in [0.05, 0.1) is 17.8 Å². The lowest BCUT2D eigenvalue weighted by atomic mass is 9.96. The smallest absolute Gasteiger partial charge is 0.233 e. The van der Waals surface area contributed by atoms with Gasteiger partial charge in [0.1, 0.15) is 5.82 Å². The molecule has 1 amide bonds. The van der Waals surface area contributed by atoms with Crippen LogP contribution in [0.15, 0.2) is 42.6 Å². The Hall–Kier alpha value is -2.93. The lowest BCUT2D eigenvalue weighted by molar-refractivity contribution is -0.122. The summed E-state index contributed by atoms with van der Waals surface area (Å²) in [7, 11) is 1.86. The van der Waals surface area contributed by atoms with Crippen LogP contribution in [0.3, 0.4) is 0 Å². The van der Waals surface area contributed by atoms with E-state index in [9.17, 15) is 4.79 Å². The first-order valence-electron chi connectivity index (χ1n) is 9.86. The minimum Gasteiger partial charge on any atom is -0.354 e. The van der Waals surface area contributed by atoms with Gasteiger partial charge in [0.2, 0.25) is 5.91 Å². The Morgan fingerprint density at radius 1 is 1.14 bits per heavy atom. The van der Waals surface area contributed by atoms with Crippen molar-refractivity contribution in [1.82, 2.24) is 19.9 Å². The van der Waals surface area contributed by atoms with Crippen molar-refractivity contribution >= 4 is 23.1 Å². The number of aromatic nitrogens is 3. The van der Waals surface area contributed by atoms with Crippen molar-refractivity contribution in [3.05, 3.63) is 53.9 Å². The minimum atomic E-state index is 0.00327. The number of anilines is 2. The molecule has 7 heteroatoms. The Morgan fingerprint density at radius 2 is 1.93 bits per heavy atom. The summed E-state index contributed by atoms with van der Waals surface area (Å²) < 4.78 is 1.94. The number of nitrogens with one attached hydrogen (secondary N) is 1. The van der Waals surface area contributed by atoms with Gasteiger partial charge in [0, 0.05) is 50.4 Å². The molecule has 1 N–H and O–H groups in total. The van der Waals surface area contributed by atoms with Gasteiger partial charge in [0.25, 0.3) is 0 Å². The fourth-order valence-corrected chi connectivity index (χ4v) is 4.20. The van der Waals surface area contributed by atoms with Crippen molar-refractivity contribution in [3.63, 3.8) is 0 Å². The Bertz CT molecular complexity index is 1010. The average Bonchev–Trinajstić information content (AvgIpc) is 3.03. The van der Waals surface area contributed by atoms with Crippen LogP contribution in [0.1, 0.15) is 11.3 Å². The fraction of sp³-hybridized carbons (Fsp3) is 0.381. The van der Waals surface area contributed by atoms with Gasteiger partial charge in [-0.1, -0.05) is 18.2 Å². The second-order valence-electron chi connectivity index (χ2n) is 7.55. The number of hydrogen-bond donors (Lipinski definition) is 1. The number of fused-ring (bicyclic) bond motifs is 2. The van der Waals surface area contributed by atoms with E-state index in [-0.39, 0.29) is 11.8 Å². The zero-order valence-corrected chi connectivity index (χ0v) is 16.0. The second kappa shape index (κ2) is 6.91. The van der Waals surface area contributed by atoms with Crippen molar-refractivity contribution in [2.75, 3.05) is 43.0 Å². The minimum absolute atomic E-state index is 0.00327. The highest BCUT2D eigenvalue weighted by atomic mass is 16.2. The summed E-state index contributed by atoms with van der Waals surface area (Å²) in [6.07, 6.45) is 3.67. The van der Waals surface area contributed by atoms with Crippen molar-refractivity contribution in [3.8, 4) is 0 Å². The molecule has 0 spiro atoms. The third-order valence-electron chi connectivity index (χ3n) is 5.79. The molecule has 7 nitrogen and oxygen atoms in total. The van der Waals surface area contributed by atoms with Crippen molar-refractivity contribution in [2.24, 2.45) is 5.92 Å². The van der Waals surface area contributed by atoms with Crippen molar-refractivity contribution in [2.45, 2.75) is 12.8 Å². The molecular weight excluding hydrogens is 352 g/mol. The van der Waals surface area contributed by atoms with E-state index in [2.05, 4.69) is 15.3 Å². The molecule has 0 saturated carbocycles. The molecule has 0 atom stereocenters. The predicted molar refractivity (Wildman–Crippen MR) is 109 cm³/mol. The average molecular weight is 376 g/mol. The van der Waals surface area contributed by atoms with Gasteiger partial charge in [-0.25, -0.2) is 4.98 Å². The van der Waals surface area contributed by atoms with Crippen LogP contribution in [-0.2, 0) is 17.6 Å². The van der Waals surface area contributed by atoms with Gasteiger partial charge in [0.15, 0.2) is 5.65 Å². The molecular formula is C21H24N6O. The Balaban J connectivity index is 1.40. The summed E-state index contributed by atoms with van der Waals surface area (Å²) in [5.41, 5.74) is 4.24. The predicted octanol–water partition coefficient (Wildman–Crippen LogP) is 1.52. The van der Waals surface area contributed by atoms with E-state index >= 15 is 0 Å². The lowest BCUT2D eigenvalue weighted by Gasteiger charge is -2.42. The summed E-state index contributed by atoms with van der Waals surface area (Å²) in [4.78, 5) is 21.8. The molecule has 2 aliphatic heterocycles. The fourth-order valence-electron chi connectivity index (χ4n) is 4.20. The number of amides is 1. The van der Waals surface area contributed by atoms with Gasteiger partial charge >= 0.3 is 0 Å². The molecule has 0 unspecified atom stereocenters. The van der Waals surface area contributed by atoms with E-state index < -0.39 is 0 Å². The number of rotatable bonds is 3. The molecule has 1 fully saturated rings. The highest BCUT2D eigenvalue weighted by Gasteiger charge is 2.37. The van der Waals surface area contributed by atoms with Crippen molar-refractivity contribution < 1.29 is 4.79 Å². The first-order chi connectivity index (χ1) is 13.7. The van der Waals surface area contributed by atoms with Crippen molar-refractivity contribution in [1.29, 1.82) is 0 Å². The molecule has 0 aliphatic carbocycles.